The molecule has 0 spiro atoms. The third kappa shape index (κ3) is 3.28. The molecule has 132 valence electrons. The molecule has 1 amide bonds. The summed E-state index contributed by atoms with van der Waals surface area (Å²) in [4.78, 5) is 17.5. The van der Waals surface area contributed by atoms with Crippen molar-refractivity contribution in [3.05, 3.63) is 0 Å². The average Bonchev–Trinajstić information content (AvgIpc) is 3.08. The zero-order valence-electron chi connectivity index (χ0n) is 14.1. The number of carbonyl (C=O) groups is 1. The summed E-state index contributed by atoms with van der Waals surface area (Å²) in [5.41, 5.74) is 0. The van der Waals surface area contributed by atoms with E-state index in [-0.39, 0.29) is 5.91 Å². The summed E-state index contributed by atoms with van der Waals surface area (Å²) < 4.78 is 23.7. The van der Waals surface area contributed by atoms with Crippen LogP contribution in [0.15, 0.2) is 0 Å². The zero-order valence-corrected chi connectivity index (χ0v) is 14.9. The van der Waals surface area contributed by atoms with Gasteiger partial charge in [0.1, 0.15) is 0 Å². The van der Waals surface area contributed by atoms with E-state index in [1.54, 1.807) is 0 Å². The van der Waals surface area contributed by atoms with E-state index in [1.165, 1.54) is 19.1 Å². The topological polar surface area (TPSA) is 69.7 Å². The molecule has 1 atom stereocenters. The van der Waals surface area contributed by atoms with Crippen molar-refractivity contribution in [2.24, 2.45) is 0 Å². The Labute approximate surface area is 139 Å². The van der Waals surface area contributed by atoms with Crippen molar-refractivity contribution in [1.82, 2.24) is 15.1 Å². The van der Waals surface area contributed by atoms with Gasteiger partial charge in [0.25, 0.3) is 0 Å². The molecular weight excluding hydrogens is 314 g/mol. The molecule has 0 radical (unpaired) electrons. The van der Waals surface area contributed by atoms with Crippen molar-refractivity contribution in [2.75, 3.05) is 45.5 Å². The number of rotatable bonds is 3. The van der Waals surface area contributed by atoms with Gasteiger partial charge in [-0.05, 0) is 64.7 Å². The highest BCUT2D eigenvalue weighted by molar-refractivity contribution is 7.92. The third-order valence-electron chi connectivity index (χ3n) is 5.85. The standard InChI is InChI=1S/C16H29N3O3S/c1-23(21,22)16(6-8-17-9-7-16)15(20)19-12-4-5-14(13-19)18-10-2-3-11-18/h14,17H,2-13H2,1H3. The number of sulfone groups is 1. The molecule has 0 aromatic heterocycles. The van der Waals surface area contributed by atoms with Crippen molar-refractivity contribution in [1.29, 1.82) is 0 Å². The van der Waals surface area contributed by atoms with Crippen LogP contribution in [0.1, 0.15) is 38.5 Å². The Kier molecular flexibility index (Phi) is 4.99. The molecule has 3 saturated heterocycles. The molecule has 6 nitrogen and oxygen atoms in total. The number of piperidine rings is 2. The molecule has 1 N–H and O–H groups in total. The van der Waals surface area contributed by atoms with E-state index in [9.17, 15) is 13.2 Å². The van der Waals surface area contributed by atoms with Crippen LogP contribution in [-0.2, 0) is 14.6 Å². The highest BCUT2D eigenvalue weighted by atomic mass is 32.2. The van der Waals surface area contributed by atoms with Gasteiger partial charge >= 0.3 is 0 Å². The number of nitrogens with zero attached hydrogens (tertiary/aromatic N) is 2. The van der Waals surface area contributed by atoms with Crippen molar-refractivity contribution >= 4 is 15.7 Å². The van der Waals surface area contributed by atoms with Crippen molar-refractivity contribution < 1.29 is 13.2 Å². The summed E-state index contributed by atoms with van der Waals surface area (Å²) in [6, 6.07) is 0.411. The smallest absolute Gasteiger partial charge is 0.244 e. The molecule has 23 heavy (non-hydrogen) atoms. The number of amides is 1. The predicted octanol–water partition coefficient (Wildman–Crippen LogP) is 0.240. The minimum atomic E-state index is -3.42. The van der Waals surface area contributed by atoms with Gasteiger partial charge in [-0.1, -0.05) is 0 Å². The molecule has 0 bridgehead atoms. The van der Waals surface area contributed by atoms with Crippen LogP contribution in [-0.4, -0.2) is 80.4 Å². The Balaban J connectivity index is 1.77. The number of nitrogens with one attached hydrogen (secondary N) is 1. The number of likely N-dealkylation sites (tertiary alicyclic amines) is 2. The number of hydrogen-bond acceptors (Lipinski definition) is 5. The van der Waals surface area contributed by atoms with Gasteiger partial charge in [0.15, 0.2) is 14.6 Å². The van der Waals surface area contributed by atoms with Crippen LogP contribution in [0.2, 0.25) is 0 Å². The Morgan fingerprint density at radius 3 is 2.35 bits per heavy atom. The van der Waals surface area contributed by atoms with Crippen LogP contribution in [0.4, 0.5) is 0 Å². The molecule has 3 fully saturated rings. The van der Waals surface area contributed by atoms with E-state index < -0.39 is 14.6 Å². The van der Waals surface area contributed by atoms with Crippen LogP contribution in [0.25, 0.3) is 0 Å². The van der Waals surface area contributed by atoms with Gasteiger partial charge in [-0.15, -0.1) is 0 Å². The average molecular weight is 343 g/mol. The van der Waals surface area contributed by atoms with Crippen molar-refractivity contribution in [2.45, 2.75) is 49.3 Å². The van der Waals surface area contributed by atoms with Gasteiger partial charge in [0.2, 0.25) is 5.91 Å². The maximum absolute atomic E-state index is 13.2. The minimum absolute atomic E-state index is 0.148. The van der Waals surface area contributed by atoms with Gasteiger partial charge in [0.05, 0.1) is 0 Å². The Morgan fingerprint density at radius 1 is 1.09 bits per heavy atom. The Hall–Kier alpha value is -0.660. The van der Waals surface area contributed by atoms with E-state index in [1.807, 2.05) is 4.90 Å². The molecule has 3 rings (SSSR count). The third-order valence-corrected chi connectivity index (χ3v) is 7.85. The van der Waals surface area contributed by atoms with E-state index >= 15 is 0 Å². The lowest BCUT2D eigenvalue weighted by Crippen LogP contribution is -2.61. The lowest BCUT2D eigenvalue weighted by Gasteiger charge is -2.43. The molecule has 3 aliphatic rings. The first kappa shape index (κ1) is 17.2. The highest BCUT2D eigenvalue weighted by Crippen LogP contribution is 2.32. The SMILES string of the molecule is CS(=O)(=O)C1(C(=O)N2CCCC(N3CCCC3)C2)CCNCC1. The fourth-order valence-electron chi connectivity index (χ4n) is 4.41. The first-order valence-corrected chi connectivity index (χ1v) is 10.8. The molecule has 3 aliphatic heterocycles. The predicted molar refractivity (Wildman–Crippen MR) is 90.1 cm³/mol. The lowest BCUT2D eigenvalue weighted by molar-refractivity contribution is -0.136. The molecule has 0 aromatic carbocycles. The van der Waals surface area contributed by atoms with E-state index in [4.69, 9.17) is 0 Å². The van der Waals surface area contributed by atoms with E-state index in [0.29, 0.717) is 45.1 Å². The molecule has 0 saturated carbocycles. The summed E-state index contributed by atoms with van der Waals surface area (Å²) in [5, 5.41) is 3.18. The second kappa shape index (κ2) is 6.69. The molecule has 0 aromatic rings. The van der Waals surface area contributed by atoms with Crippen LogP contribution in [0.3, 0.4) is 0 Å². The normalized spacial score (nSPS) is 29.6. The maximum atomic E-state index is 13.2. The summed E-state index contributed by atoms with van der Waals surface area (Å²) in [6.45, 7) is 4.84. The quantitative estimate of drug-likeness (QED) is 0.795. The van der Waals surface area contributed by atoms with Crippen LogP contribution in [0, 0.1) is 0 Å². The summed E-state index contributed by atoms with van der Waals surface area (Å²) in [6.07, 6.45) is 6.61. The van der Waals surface area contributed by atoms with Gasteiger partial charge in [-0.25, -0.2) is 8.42 Å². The Morgan fingerprint density at radius 2 is 1.74 bits per heavy atom. The van der Waals surface area contributed by atoms with E-state index in [0.717, 1.165) is 25.9 Å². The summed E-state index contributed by atoms with van der Waals surface area (Å²) >= 11 is 0. The first-order chi connectivity index (χ1) is 10.9. The Bertz CT molecular complexity index is 537. The van der Waals surface area contributed by atoms with Crippen LogP contribution in [0.5, 0.6) is 0 Å². The van der Waals surface area contributed by atoms with Crippen LogP contribution >= 0.6 is 0 Å². The van der Waals surface area contributed by atoms with Gasteiger partial charge in [-0.2, -0.15) is 0 Å². The molecule has 7 heteroatoms. The van der Waals surface area contributed by atoms with Crippen molar-refractivity contribution in [3.63, 3.8) is 0 Å². The van der Waals surface area contributed by atoms with Gasteiger partial charge in [-0.3, -0.25) is 9.69 Å². The molecule has 1 unspecified atom stereocenters. The summed E-state index contributed by atoms with van der Waals surface area (Å²) in [5.74, 6) is -0.148. The van der Waals surface area contributed by atoms with Crippen molar-refractivity contribution in [3.8, 4) is 0 Å². The lowest BCUT2D eigenvalue weighted by atomic mass is 9.93. The fraction of sp³-hybridized carbons (Fsp3) is 0.938. The summed E-state index contributed by atoms with van der Waals surface area (Å²) in [7, 11) is -3.42. The first-order valence-electron chi connectivity index (χ1n) is 8.88. The minimum Gasteiger partial charge on any atom is -0.340 e. The second-order valence-corrected chi connectivity index (χ2v) is 9.63. The van der Waals surface area contributed by atoms with Crippen LogP contribution < -0.4 is 5.32 Å². The number of hydrogen-bond donors (Lipinski definition) is 1. The zero-order chi connectivity index (χ0) is 16.5. The largest absolute Gasteiger partial charge is 0.340 e. The highest BCUT2D eigenvalue weighted by Gasteiger charge is 2.51. The molecule has 0 aliphatic carbocycles. The maximum Gasteiger partial charge on any atom is 0.244 e. The molecular formula is C16H29N3O3S. The monoisotopic (exact) mass is 343 g/mol. The van der Waals surface area contributed by atoms with Gasteiger partial charge in [0, 0.05) is 25.4 Å². The number of carbonyl (C=O) groups excluding carboxylic acids is 1. The second-order valence-electron chi connectivity index (χ2n) is 7.31. The fourth-order valence-corrected chi connectivity index (χ4v) is 5.80. The van der Waals surface area contributed by atoms with Gasteiger partial charge < -0.3 is 10.2 Å². The molecule has 3 heterocycles. The van der Waals surface area contributed by atoms with E-state index in [2.05, 4.69) is 10.2 Å².